The zero-order valence-electron chi connectivity index (χ0n) is 10.9. The van der Waals surface area contributed by atoms with Crippen LogP contribution in [0.2, 0.25) is 0 Å². The van der Waals surface area contributed by atoms with E-state index in [-0.39, 0.29) is 5.91 Å². The molecule has 0 radical (unpaired) electrons. The van der Waals surface area contributed by atoms with Crippen LogP contribution < -0.4 is 5.32 Å². The molecule has 0 aliphatic carbocycles. The van der Waals surface area contributed by atoms with Crippen molar-refractivity contribution in [3.05, 3.63) is 29.6 Å². The summed E-state index contributed by atoms with van der Waals surface area (Å²) in [6.45, 7) is 3.01. The average Bonchev–Trinajstić information content (AvgIpc) is 2.98. The summed E-state index contributed by atoms with van der Waals surface area (Å²) >= 11 is 0. The molecule has 1 saturated heterocycles. The summed E-state index contributed by atoms with van der Waals surface area (Å²) in [4.78, 5) is 17.7. The zero-order chi connectivity index (χ0) is 13.5. The molecule has 19 heavy (non-hydrogen) atoms. The number of nitrogens with one attached hydrogen (secondary N) is 1. The SMILES string of the molecule is N#Cc1ncccc1CNCCC(=O)N1CCCC1. The highest BCUT2D eigenvalue weighted by Crippen LogP contribution is 2.08. The Morgan fingerprint density at radius 2 is 2.26 bits per heavy atom. The van der Waals surface area contributed by atoms with Gasteiger partial charge in [-0.25, -0.2) is 4.98 Å². The van der Waals surface area contributed by atoms with Crippen LogP contribution in [-0.4, -0.2) is 35.4 Å². The van der Waals surface area contributed by atoms with Crippen molar-refractivity contribution in [1.29, 1.82) is 5.26 Å². The van der Waals surface area contributed by atoms with Gasteiger partial charge in [0.1, 0.15) is 11.8 Å². The number of rotatable bonds is 5. The van der Waals surface area contributed by atoms with Gasteiger partial charge in [-0.3, -0.25) is 4.79 Å². The molecule has 1 amide bonds. The van der Waals surface area contributed by atoms with Crippen molar-refractivity contribution in [2.45, 2.75) is 25.8 Å². The minimum atomic E-state index is 0.219. The lowest BCUT2D eigenvalue weighted by atomic mass is 10.2. The first-order valence-electron chi connectivity index (χ1n) is 6.64. The number of likely N-dealkylation sites (tertiary alicyclic amines) is 1. The van der Waals surface area contributed by atoms with Gasteiger partial charge in [-0.1, -0.05) is 6.07 Å². The Bertz CT molecular complexity index is 475. The summed E-state index contributed by atoms with van der Waals surface area (Å²) < 4.78 is 0. The first-order chi connectivity index (χ1) is 9.31. The largest absolute Gasteiger partial charge is 0.343 e. The lowest BCUT2D eigenvalue weighted by Crippen LogP contribution is -2.30. The van der Waals surface area contributed by atoms with E-state index in [1.165, 1.54) is 0 Å². The van der Waals surface area contributed by atoms with Crippen molar-refractivity contribution in [1.82, 2.24) is 15.2 Å². The summed E-state index contributed by atoms with van der Waals surface area (Å²) in [7, 11) is 0. The van der Waals surface area contributed by atoms with E-state index in [2.05, 4.69) is 16.4 Å². The van der Waals surface area contributed by atoms with Crippen molar-refractivity contribution in [2.75, 3.05) is 19.6 Å². The Labute approximate surface area is 113 Å². The van der Waals surface area contributed by atoms with Gasteiger partial charge >= 0.3 is 0 Å². The van der Waals surface area contributed by atoms with Gasteiger partial charge in [0, 0.05) is 44.4 Å². The van der Waals surface area contributed by atoms with E-state index in [0.29, 0.717) is 25.2 Å². The fourth-order valence-electron chi connectivity index (χ4n) is 2.22. The van der Waals surface area contributed by atoms with Crippen molar-refractivity contribution >= 4 is 5.91 Å². The summed E-state index contributed by atoms with van der Waals surface area (Å²) in [5.74, 6) is 0.219. The van der Waals surface area contributed by atoms with Gasteiger partial charge in [0.25, 0.3) is 0 Å². The molecular formula is C14H18N4O. The molecule has 0 spiro atoms. The lowest BCUT2D eigenvalue weighted by molar-refractivity contribution is -0.130. The van der Waals surface area contributed by atoms with Crippen LogP contribution in [0.3, 0.4) is 0 Å². The molecule has 5 nitrogen and oxygen atoms in total. The quantitative estimate of drug-likeness (QED) is 0.802. The predicted molar refractivity (Wildman–Crippen MR) is 71.1 cm³/mol. The predicted octanol–water partition coefficient (Wildman–Crippen LogP) is 1.06. The summed E-state index contributed by atoms with van der Waals surface area (Å²) in [5.41, 5.74) is 1.32. The fourth-order valence-corrected chi connectivity index (χ4v) is 2.22. The van der Waals surface area contributed by atoms with Gasteiger partial charge in [0.05, 0.1) is 0 Å². The van der Waals surface area contributed by atoms with Crippen LogP contribution >= 0.6 is 0 Å². The molecule has 2 rings (SSSR count). The van der Waals surface area contributed by atoms with Crippen LogP contribution in [0.5, 0.6) is 0 Å². The molecule has 0 bridgehead atoms. The molecular weight excluding hydrogens is 240 g/mol. The highest BCUT2D eigenvalue weighted by Gasteiger charge is 2.16. The molecule has 1 aliphatic heterocycles. The Balaban J connectivity index is 1.72. The molecule has 5 heteroatoms. The fraction of sp³-hybridized carbons (Fsp3) is 0.500. The van der Waals surface area contributed by atoms with Crippen LogP contribution in [-0.2, 0) is 11.3 Å². The molecule has 100 valence electrons. The number of aromatic nitrogens is 1. The molecule has 1 aromatic rings. The van der Waals surface area contributed by atoms with Gasteiger partial charge in [0.2, 0.25) is 5.91 Å². The van der Waals surface area contributed by atoms with E-state index in [1.807, 2.05) is 17.0 Å². The lowest BCUT2D eigenvalue weighted by Gasteiger charge is -2.15. The minimum absolute atomic E-state index is 0.219. The van der Waals surface area contributed by atoms with E-state index in [9.17, 15) is 4.79 Å². The van der Waals surface area contributed by atoms with E-state index in [0.717, 1.165) is 31.5 Å². The minimum Gasteiger partial charge on any atom is -0.343 e. The van der Waals surface area contributed by atoms with Crippen molar-refractivity contribution in [2.24, 2.45) is 0 Å². The normalized spacial score (nSPS) is 14.4. The Morgan fingerprint density at radius 3 is 3.00 bits per heavy atom. The van der Waals surface area contributed by atoms with Crippen LogP contribution in [0.4, 0.5) is 0 Å². The number of nitriles is 1. The van der Waals surface area contributed by atoms with Crippen LogP contribution in [0.15, 0.2) is 18.3 Å². The third-order valence-corrected chi connectivity index (χ3v) is 3.29. The van der Waals surface area contributed by atoms with Crippen LogP contribution in [0.1, 0.15) is 30.5 Å². The second-order valence-electron chi connectivity index (χ2n) is 4.64. The molecule has 0 aromatic carbocycles. The maximum Gasteiger partial charge on any atom is 0.223 e. The smallest absolute Gasteiger partial charge is 0.223 e. The van der Waals surface area contributed by atoms with E-state index < -0.39 is 0 Å². The molecule has 2 heterocycles. The number of hydrogen-bond donors (Lipinski definition) is 1. The summed E-state index contributed by atoms with van der Waals surface area (Å²) in [5, 5.41) is 12.1. The van der Waals surface area contributed by atoms with Gasteiger partial charge in [-0.15, -0.1) is 0 Å². The maximum absolute atomic E-state index is 11.8. The number of nitrogens with zero attached hydrogens (tertiary/aromatic N) is 3. The number of pyridine rings is 1. The second-order valence-corrected chi connectivity index (χ2v) is 4.64. The molecule has 1 N–H and O–H groups in total. The van der Waals surface area contributed by atoms with Crippen LogP contribution in [0.25, 0.3) is 0 Å². The van der Waals surface area contributed by atoms with E-state index in [1.54, 1.807) is 6.20 Å². The molecule has 1 aromatic heterocycles. The Morgan fingerprint density at radius 1 is 1.47 bits per heavy atom. The van der Waals surface area contributed by atoms with Crippen molar-refractivity contribution < 1.29 is 4.79 Å². The van der Waals surface area contributed by atoms with E-state index >= 15 is 0 Å². The zero-order valence-corrected chi connectivity index (χ0v) is 10.9. The molecule has 0 unspecified atom stereocenters. The number of amides is 1. The Hall–Kier alpha value is -1.93. The van der Waals surface area contributed by atoms with Gasteiger partial charge < -0.3 is 10.2 Å². The Kier molecular flexibility index (Phi) is 4.87. The second kappa shape index (κ2) is 6.86. The molecule has 0 saturated carbocycles. The van der Waals surface area contributed by atoms with Gasteiger partial charge in [-0.2, -0.15) is 5.26 Å². The standard InChI is InChI=1S/C14H18N4O/c15-10-13-12(4-3-6-17-13)11-16-7-5-14(19)18-8-1-2-9-18/h3-4,6,16H,1-2,5,7-9,11H2. The molecule has 0 atom stereocenters. The molecule has 1 fully saturated rings. The number of carbonyl (C=O) groups is 1. The highest BCUT2D eigenvalue weighted by atomic mass is 16.2. The summed E-state index contributed by atoms with van der Waals surface area (Å²) in [6, 6.07) is 5.75. The van der Waals surface area contributed by atoms with Crippen LogP contribution in [0, 0.1) is 11.3 Å². The highest BCUT2D eigenvalue weighted by molar-refractivity contribution is 5.76. The topological polar surface area (TPSA) is 69.0 Å². The maximum atomic E-state index is 11.8. The summed E-state index contributed by atoms with van der Waals surface area (Å²) in [6.07, 6.45) is 4.38. The third-order valence-electron chi connectivity index (χ3n) is 3.29. The number of carbonyl (C=O) groups excluding carboxylic acids is 1. The van der Waals surface area contributed by atoms with Crippen molar-refractivity contribution in [3.8, 4) is 6.07 Å². The third kappa shape index (κ3) is 3.76. The average molecular weight is 258 g/mol. The number of hydrogen-bond acceptors (Lipinski definition) is 4. The van der Waals surface area contributed by atoms with Crippen molar-refractivity contribution in [3.63, 3.8) is 0 Å². The van der Waals surface area contributed by atoms with E-state index in [4.69, 9.17) is 5.26 Å². The first kappa shape index (κ1) is 13.5. The molecule has 1 aliphatic rings. The monoisotopic (exact) mass is 258 g/mol. The van der Waals surface area contributed by atoms with Gasteiger partial charge in [-0.05, 0) is 18.9 Å². The first-order valence-corrected chi connectivity index (χ1v) is 6.64. The van der Waals surface area contributed by atoms with Gasteiger partial charge in [0.15, 0.2) is 0 Å².